The van der Waals surface area contributed by atoms with E-state index in [4.69, 9.17) is 11.6 Å². The van der Waals surface area contributed by atoms with Crippen molar-refractivity contribution in [1.29, 1.82) is 0 Å². The van der Waals surface area contributed by atoms with Gasteiger partial charge in [-0.2, -0.15) is 0 Å². The molecule has 1 saturated carbocycles. The summed E-state index contributed by atoms with van der Waals surface area (Å²) >= 11 is 6.03. The van der Waals surface area contributed by atoms with Gasteiger partial charge in [0, 0.05) is 17.3 Å². The third kappa shape index (κ3) is 4.42. The zero-order chi connectivity index (χ0) is 11.5. The molecule has 1 rings (SSSR count). The number of hydrogen-bond donors (Lipinski definition) is 1. The summed E-state index contributed by atoms with van der Waals surface area (Å²) in [6.07, 6.45) is 4.49. The molecule has 0 unspecified atom stereocenters. The molecule has 0 aliphatic heterocycles. The predicted octanol–water partition coefficient (Wildman–Crippen LogP) is 2.95. The van der Waals surface area contributed by atoms with Gasteiger partial charge in [-0.1, -0.05) is 20.8 Å². The third-order valence-corrected chi connectivity index (χ3v) is 3.45. The molecule has 0 aromatic carbocycles. The maximum Gasteiger partial charge on any atom is 0.225 e. The van der Waals surface area contributed by atoms with Crippen molar-refractivity contribution in [2.24, 2.45) is 11.3 Å². The Morgan fingerprint density at radius 2 is 1.80 bits per heavy atom. The summed E-state index contributed by atoms with van der Waals surface area (Å²) in [4.78, 5) is 11.6. The molecule has 0 aromatic rings. The molecule has 0 atom stereocenters. The van der Waals surface area contributed by atoms with E-state index in [-0.39, 0.29) is 11.3 Å². The number of hydrogen-bond acceptors (Lipinski definition) is 1. The van der Waals surface area contributed by atoms with Gasteiger partial charge < -0.3 is 5.32 Å². The third-order valence-electron chi connectivity index (χ3n) is 3.01. The van der Waals surface area contributed by atoms with Crippen molar-refractivity contribution in [2.75, 3.05) is 6.54 Å². The molecular weight excluding hydrogens is 210 g/mol. The SMILES string of the molecule is CC(C)(C)C(=O)NCC1CCC(Cl)CC1. The normalized spacial score (nSPS) is 27.5. The van der Waals surface area contributed by atoms with Gasteiger partial charge in [-0.05, 0) is 31.6 Å². The highest BCUT2D eigenvalue weighted by Crippen LogP contribution is 2.27. The number of carbonyl (C=O) groups is 1. The van der Waals surface area contributed by atoms with Crippen LogP contribution in [0.4, 0.5) is 0 Å². The molecule has 0 aromatic heterocycles. The van der Waals surface area contributed by atoms with E-state index in [1.54, 1.807) is 0 Å². The van der Waals surface area contributed by atoms with E-state index < -0.39 is 0 Å². The zero-order valence-corrected chi connectivity index (χ0v) is 10.7. The van der Waals surface area contributed by atoms with Gasteiger partial charge in [-0.15, -0.1) is 11.6 Å². The summed E-state index contributed by atoms with van der Waals surface area (Å²) in [5.41, 5.74) is -0.274. The van der Waals surface area contributed by atoms with Crippen molar-refractivity contribution in [3.63, 3.8) is 0 Å². The van der Waals surface area contributed by atoms with Crippen molar-refractivity contribution >= 4 is 17.5 Å². The van der Waals surface area contributed by atoms with Gasteiger partial charge in [0.1, 0.15) is 0 Å². The maximum absolute atomic E-state index is 11.6. The highest BCUT2D eigenvalue weighted by molar-refractivity contribution is 6.20. The van der Waals surface area contributed by atoms with E-state index in [9.17, 15) is 4.79 Å². The number of nitrogens with one attached hydrogen (secondary N) is 1. The zero-order valence-electron chi connectivity index (χ0n) is 9.98. The fraction of sp³-hybridized carbons (Fsp3) is 0.917. The summed E-state index contributed by atoms with van der Waals surface area (Å²) < 4.78 is 0. The summed E-state index contributed by atoms with van der Waals surface area (Å²) in [5, 5.41) is 3.39. The van der Waals surface area contributed by atoms with Crippen LogP contribution >= 0.6 is 11.6 Å². The molecule has 0 radical (unpaired) electrons. The highest BCUT2D eigenvalue weighted by atomic mass is 35.5. The largest absolute Gasteiger partial charge is 0.355 e. The van der Waals surface area contributed by atoms with Gasteiger partial charge in [-0.3, -0.25) is 4.79 Å². The Balaban J connectivity index is 2.23. The molecule has 88 valence electrons. The second-order valence-electron chi connectivity index (χ2n) is 5.58. The minimum Gasteiger partial charge on any atom is -0.355 e. The molecular formula is C12H22ClNO. The van der Waals surface area contributed by atoms with Crippen LogP contribution in [-0.4, -0.2) is 17.8 Å². The van der Waals surface area contributed by atoms with Gasteiger partial charge >= 0.3 is 0 Å². The summed E-state index contributed by atoms with van der Waals surface area (Å²) in [6, 6.07) is 0. The minimum atomic E-state index is -0.274. The number of rotatable bonds is 2. The fourth-order valence-electron chi connectivity index (χ4n) is 1.83. The topological polar surface area (TPSA) is 29.1 Å². The molecule has 1 fully saturated rings. The molecule has 1 aliphatic rings. The van der Waals surface area contributed by atoms with Gasteiger partial charge in [-0.25, -0.2) is 0 Å². The Kier molecular flexibility index (Phi) is 4.45. The van der Waals surface area contributed by atoms with Crippen LogP contribution in [-0.2, 0) is 4.79 Å². The lowest BCUT2D eigenvalue weighted by Crippen LogP contribution is -2.38. The molecule has 1 amide bonds. The van der Waals surface area contributed by atoms with Crippen LogP contribution in [0.2, 0.25) is 0 Å². The smallest absolute Gasteiger partial charge is 0.225 e. The quantitative estimate of drug-likeness (QED) is 0.728. The first-order chi connectivity index (χ1) is 6.89. The monoisotopic (exact) mass is 231 g/mol. The molecule has 2 nitrogen and oxygen atoms in total. The lowest BCUT2D eigenvalue weighted by atomic mass is 9.88. The van der Waals surface area contributed by atoms with Crippen LogP contribution in [0.5, 0.6) is 0 Å². The van der Waals surface area contributed by atoms with Crippen LogP contribution in [0.15, 0.2) is 0 Å². The summed E-state index contributed by atoms with van der Waals surface area (Å²) in [5.74, 6) is 0.779. The van der Waals surface area contributed by atoms with E-state index in [0.717, 1.165) is 32.2 Å². The standard InChI is InChI=1S/C12H22ClNO/c1-12(2,3)11(15)14-8-9-4-6-10(13)7-5-9/h9-10H,4-8H2,1-3H3,(H,14,15). The first-order valence-corrected chi connectivity index (χ1v) is 6.25. The predicted molar refractivity (Wildman–Crippen MR) is 64.1 cm³/mol. The molecule has 0 bridgehead atoms. The first kappa shape index (κ1) is 12.8. The average Bonchev–Trinajstić information content (AvgIpc) is 2.15. The molecule has 3 heteroatoms. The van der Waals surface area contributed by atoms with Crippen LogP contribution < -0.4 is 5.32 Å². The summed E-state index contributed by atoms with van der Waals surface area (Å²) in [6.45, 7) is 6.65. The van der Waals surface area contributed by atoms with E-state index >= 15 is 0 Å². The fourth-order valence-corrected chi connectivity index (χ4v) is 2.08. The Hall–Kier alpha value is -0.240. The Bertz CT molecular complexity index is 214. The summed E-state index contributed by atoms with van der Waals surface area (Å²) in [7, 11) is 0. The van der Waals surface area contributed by atoms with Crippen LogP contribution in [0.1, 0.15) is 46.5 Å². The molecule has 1 N–H and O–H groups in total. The van der Waals surface area contributed by atoms with Crippen molar-refractivity contribution in [2.45, 2.75) is 51.8 Å². The van der Waals surface area contributed by atoms with Crippen LogP contribution in [0, 0.1) is 11.3 Å². The van der Waals surface area contributed by atoms with Crippen LogP contribution in [0.3, 0.4) is 0 Å². The first-order valence-electron chi connectivity index (χ1n) is 5.82. The van der Waals surface area contributed by atoms with E-state index in [1.165, 1.54) is 0 Å². The Labute approximate surface area is 97.8 Å². The van der Waals surface area contributed by atoms with Crippen molar-refractivity contribution < 1.29 is 4.79 Å². The number of amides is 1. The Morgan fingerprint density at radius 3 is 2.27 bits per heavy atom. The van der Waals surface area contributed by atoms with E-state index in [2.05, 4.69) is 5.32 Å². The van der Waals surface area contributed by atoms with E-state index in [1.807, 2.05) is 20.8 Å². The van der Waals surface area contributed by atoms with Crippen molar-refractivity contribution in [3.8, 4) is 0 Å². The van der Waals surface area contributed by atoms with Crippen molar-refractivity contribution in [1.82, 2.24) is 5.32 Å². The molecule has 15 heavy (non-hydrogen) atoms. The number of alkyl halides is 1. The Morgan fingerprint density at radius 1 is 1.27 bits per heavy atom. The highest BCUT2D eigenvalue weighted by Gasteiger charge is 2.24. The maximum atomic E-state index is 11.6. The lowest BCUT2D eigenvalue weighted by Gasteiger charge is -2.26. The minimum absolute atomic E-state index is 0.149. The molecule has 0 heterocycles. The second-order valence-corrected chi connectivity index (χ2v) is 6.20. The van der Waals surface area contributed by atoms with Gasteiger partial charge in [0.05, 0.1) is 0 Å². The molecule has 1 aliphatic carbocycles. The number of carbonyl (C=O) groups excluding carboxylic acids is 1. The van der Waals surface area contributed by atoms with E-state index in [0.29, 0.717) is 11.3 Å². The average molecular weight is 232 g/mol. The number of halogens is 1. The van der Waals surface area contributed by atoms with Crippen LogP contribution in [0.25, 0.3) is 0 Å². The lowest BCUT2D eigenvalue weighted by molar-refractivity contribution is -0.128. The second kappa shape index (κ2) is 5.20. The molecule has 0 saturated heterocycles. The van der Waals surface area contributed by atoms with Gasteiger partial charge in [0.2, 0.25) is 5.91 Å². The van der Waals surface area contributed by atoms with Gasteiger partial charge in [0.25, 0.3) is 0 Å². The van der Waals surface area contributed by atoms with Gasteiger partial charge in [0.15, 0.2) is 0 Å². The van der Waals surface area contributed by atoms with Crippen molar-refractivity contribution in [3.05, 3.63) is 0 Å². The molecule has 0 spiro atoms.